The van der Waals surface area contributed by atoms with E-state index < -0.39 is 23.2 Å². The normalized spacial score (nSPS) is 31.2. The number of carbonyl (C=O) groups is 3. The number of benzene rings is 1. The topological polar surface area (TPSA) is 87.5 Å². The van der Waals surface area contributed by atoms with Crippen molar-refractivity contribution in [1.82, 2.24) is 5.06 Å². The monoisotopic (exact) mass is 310 g/mol. The molecule has 2 amide bonds. The van der Waals surface area contributed by atoms with Gasteiger partial charge >= 0.3 is 5.97 Å². The molecule has 2 aliphatic carbocycles. The van der Waals surface area contributed by atoms with Crippen molar-refractivity contribution in [3.05, 3.63) is 35.4 Å². The number of amides is 2. The zero-order valence-electron chi connectivity index (χ0n) is 12.3. The first-order chi connectivity index (χ1) is 11.1. The summed E-state index contributed by atoms with van der Waals surface area (Å²) >= 11 is 0. The van der Waals surface area contributed by atoms with Crippen LogP contribution in [-0.2, 0) is 9.63 Å². The lowest BCUT2D eigenvalue weighted by Gasteiger charge is -2.29. The molecule has 116 valence electrons. The van der Waals surface area contributed by atoms with Crippen LogP contribution in [0.5, 0.6) is 0 Å². The van der Waals surface area contributed by atoms with E-state index in [4.69, 9.17) is 4.84 Å². The van der Waals surface area contributed by atoms with Gasteiger partial charge in [-0.3, -0.25) is 9.59 Å². The summed E-state index contributed by atoms with van der Waals surface area (Å²) < 4.78 is 0. The molecule has 6 heteroatoms. The minimum atomic E-state index is -1.22. The first-order valence-corrected chi connectivity index (χ1v) is 7.68. The summed E-state index contributed by atoms with van der Waals surface area (Å²) in [6.07, 6.45) is 3.13. The summed E-state index contributed by atoms with van der Waals surface area (Å²) in [6, 6.07) is 8.42. The van der Waals surface area contributed by atoms with Crippen molar-refractivity contribution in [2.24, 2.45) is 17.3 Å². The molecule has 3 aliphatic rings. The summed E-state index contributed by atoms with van der Waals surface area (Å²) in [7, 11) is 0. The molecule has 3 unspecified atom stereocenters. The molecule has 2 saturated carbocycles. The summed E-state index contributed by atoms with van der Waals surface area (Å²) in [5, 5.41) is 10.0. The van der Waals surface area contributed by atoms with Crippen molar-refractivity contribution in [2.45, 2.75) is 25.7 Å². The highest BCUT2D eigenvalue weighted by molar-refractivity contribution is 6.21. The van der Waals surface area contributed by atoms with E-state index in [1.807, 2.05) is 0 Å². The number of hydrogen-bond donors (Lipinski definition) is 0. The lowest BCUT2D eigenvalue weighted by Crippen LogP contribution is -2.42. The number of hydrogen-bond acceptors (Lipinski definition) is 5. The number of hydroxylamine groups is 2. The largest absolute Gasteiger partial charge is 0.353 e. The second kappa shape index (κ2) is 4.66. The molecule has 2 bridgehead atoms. The Kier molecular flexibility index (Phi) is 2.82. The SMILES string of the molecule is N#CC1(C(=O)ON2C(=O)c3ccccc3C2=O)CC2CCC1C2. The molecule has 0 aromatic heterocycles. The van der Waals surface area contributed by atoms with E-state index in [-0.39, 0.29) is 17.0 Å². The highest BCUT2D eigenvalue weighted by atomic mass is 16.7. The molecular formula is C17H14N2O4. The van der Waals surface area contributed by atoms with Gasteiger partial charge in [-0.25, -0.2) is 4.79 Å². The fraction of sp³-hybridized carbons (Fsp3) is 0.412. The lowest BCUT2D eigenvalue weighted by molar-refractivity contribution is -0.180. The smallest absolute Gasteiger partial charge is 0.328 e. The molecule has 0 N–H and O–H groups in total. The van der Waals surface area contributed by atoms with Gasteiger partial charge in [-0.1, -0.05) is 23.6 Å². The Labute approximate surface area is 132 Å². The van der Waals surface area contributed by atoms with E-state index in [9.17, 15) is 19.6 Å². The standard InChI is InChI=1S/C17H14N2O4/c18-9-17(8-10-5-6-11(17)7-10)16(22)23-19-14(20)12-3-1-2-4-13(12)15(19)21/h1-4,10-11H,5-8H2. The van der Waals surface area contributed by atoms with Crippen LogP contribution in [0.1, 0.15) is 46.4 Å². The van der Waals surface area contributed by atoms with Gasteiger partial charge in [0, 0.05) is 0 Å². The van der Waals surface area contributed by atoms with E-state index in [1.54, 1.807) is 12.1 Å². The number of rotatable bonds is 2. The van der Waals surface area contributed by atoms with Gasteiger partial charge < -0.3 is 4.84 Å². The molecule has 1 heterocycles. The van der Waals surface area contributed by atoms with Crippen molar-refractivity contribution in [3.63, 3.8) is 0 Å². The van der Waals surface area contributed by atoms with Crippen molar-refractivity contribution in [1.29, 1.82) is 5.26 Å². The lowest BCUT2D eigenvalue weighted by atomic mass is 9.74. The Balaban J connectivity index is 1.60. The Morgan fingerprint density at radius 3 is 2.35 bits per heavy atom. The minimum Gasteiger partial charge on any atom is -0.328 e. The average molecular weight is 310 g/mol. The van der Waals surface area contributed by atoms with E-state index in [2.05, 4.69) is 6.07 Å². The van der Waals surface area contributed by atoms with E-state index >= 15 is 0 Å². The predicted molar refractivity (Wildman–Crippen MR) is 76.5 cm³/mol. The van der Waals surface area contributed by atoms with Crippen molar-refractivity contribution >= 4 is 17.8 Å². The van der Waals surface area contributed by atoms with Gasteiger partial charge in [-0.15, -0.1) is 0 Å². The van der Waals surface area contributed by atoms with Crippen LogP contribution in [-0.4, -0.2) is 22.8 Å². The first-order valence-electron chi connectivity index (χ1n) is 7.68. The van der Waals surface area contributed by atoms with Crippen molar-refractivity contribution in [3.8, 4) is 6.07 Å². The van der Waals surface area contributed by atoms with E-state index in [0.29, 0.717) is 17.4 Å². The number of nitrogens with zero attached hydrogens (tertiary/aromatic N) is 2. The Hall–Kier alpha value is -2.68. The van der Waals surface area contributed by atoms with Crippen molar-refractivity contribution < 1.29 is 19.2 Å². The molecular weight excluding hydrogens is 296 g/mol. The highest BCUT2D eigenvalue weighted by Crippen LogP contribution is 2.56. The summed E-state index contributed by atoms with van der Waals surface area (Å²) in [5.41, 5.74) is -0.799. The average Bonchev–Trinajstić information content (AvgIpc) is 3.24. The van der Waals surface area contributed by atoms with E-state index in [0.717, 1.165) is 19.3 Å². The number of fused-ring (bicyclic) bond motifs is 3. The summed E-state index contributed by atoms with van der Waals surface area (Å²) in [4.78, 5) is 42.2. The van der Waals surface area contributed by atoms with Gasteiger partial charge in [-0.2, -0.15) is 5.26 Å². The van der Waals surface area contributed by atoms with Crippen LogP contribution in [0.25, 0.3) is 0 Å². The summed E-state index contributed by atoms with van der Waals surface area (Å²) in [5.74, 6) is -1.78. The minimum absolute atomic E-state index is 0.0415. The summed E-state index contributed by atoms with van der Waals surface area (Å²) in [6.45, 7) is 0. The van der Waals surface area contributed by atoms with Gasteiger partial charge in [0.15, 0.2) is 5.41 Å². The number of imide groups is 1. The highest BCUT2D eigenvalue weighted by Gasteiger charge is 2.58. The van der Waals surface area contributed by atoms with Crippen LogP contribution < -0.4 is 0 Å². The zero-order chi connectivity index (χ0) is 16.2. The molecule has 0 radical (unpaired) electrons. The number of nitriles is 1. The Morgan fingerprint density at radius 2 is 1.87 bits per heavy atom. The molecule has 1 aliphatic heterocycles. The quantitative estimate of drug-likeness (QED) is 0.780. The maximum absolute atomic E-state index is 12.6. The van der Waals surface area contributed by atoms with Crippen LogP contribution in [0.3, 0.4) is 0 Å². The second-order valence-electron chi connectivity index (χ2n) is 6.49. The molecule has 0 spiro atoms. The second-order valence-corrected chi connectivity index (χ2v) is 6.49. The third-order valence-corrected chi connectivity index (χ3v) is 5.34. The molecule has 2 fully saturated rings. The van der Waals surface area contributed by atoms with Crippen LogP contribution >= 0.6 is 0 Å². The molecule has 4 rings (SSSR count). The fourth-order valence-corrected chi connectivity index (χ4v) is 4.18. The van der Waals surface area contributed by atoms with Crippen LogP contribution in [0.15, 0.2) is 24.3 Å². The van der Waals surface area contributed by atoms with Gasteiger partial charge in [0.25, 0.3) is 11.8 Å². The van der Waals surface area contributed by atoms with Crippen molar-refractivity contribution in [2.75, 3.05) is 0 Å². The van der Waals surface area contributed by atoms with Crippen LogP contribution in [0.2, 0.25) is 0 Å². The maximum Gasteiger partial charge on any atom is 0.353 e. The Morgan fingerprint density at radius 1 is 1.22 bits per heavy atom. The third kappa shape index (κ3) is 1.76. The third-order valence-electron chi connectivity index (χ3n) is 5.34. The molecule has 1 aromatic rings. The molecule has 6 nitrogen and oxygen atoms in total. The van der Waals surface area contributed by atoms with Gasteiger partial charge in [-0.05, 0) is 43.2 Å². The fourth-order valence-electron chi connectivity index (χ4n) is 4.18. The first kappa shape index (κ1) is 13.9. The maximum atomic E-state index is 12.6. The van der Waals surface area contributed by atoms with Gasteiger partial charge in [0.05, 0.1) is 17.2 Å². The van der Waals surface area contributed by atoms with Crippen LogP contribution in [0.4, 0.5) is 0 Å². The van der Waals surface area contributed by atoms with Crippen LogP contribution in [0, 0.1) is 28.6 Å². The van der Waals surface area contributed by atoms with E-state index in [1.165, 1.54) is 12.1 Å². The number of carbonyl (C=O) groups excluding carboxylic acids is 3. The molecule has 23 heavy (non-hydrogen) atoms. The molecule has 1 aromatic carbocycles. The van der Waals surface area contributed by atoms with Gasteiger partial charge in [0.1, 0.15) is 0 Å². The molecule has 0 saturated heterocycles. The van der Waals surface area contributed by atoms with Gasteiger partial charge in [0.2, 0.25) is 0 Å². The zero-order valence-corrected chi connectivity index (χ0v) is 12.3. The molecule has 3 atom stereocenters. The predicted octanol–water partition coefficient (Wildman–Crippen LogP) is 2.07. The Bertz CT molecular complexity index is 746.